The van der Waals surface area contributed by atoms with E-state index in [1.807, 2.05) is 11.3 Å². The molecule has 1 aromatic heterocycles. The topological polar surface area (TPSA) is 39.6 Å². The summed E-state index contributed by atoms with van der Waals surface area (Å²) in [7, 11) is 0. The largest absolute Gasteiger partial charge is 0.391 e. The van der Waals surface area contributed by atoms with Gasteiger partial charge in [0.25, 0.3) is 0 Å². The quantitative estimate of drug-likeness (QED) is 0.929. The maximum atomic E-state index is 10.2. The Morgan fingerprint density at radius 2 is 1.86 bits per heavy atom. The van der Waals surface area contributed by atoms with Gasteiger partial charge < -0.3 is 5.11 Å². The van der Waals surface area contributed by atoms with Crippen molar-refractivity contribution in [2.24, 2.45) is 0 Å². The van der Waals surface area contributed by atoms with Crippen molar-refractivity contribution in [1.82, 2.24) is 14.8 Å². The molecule has 1 saturated heterocycles. The molecule has 21 heavy (non-hydrogen) atoms. The van der Waals surface area contributed by atoms with Gasteiger partial charge in [0.05, 0.1) is 16.8 Å². The van der Waals surface area contributed by atoms with E-state index in [1.54, 1.807) is 0 Å². The van der Waals surface area contributed by atoms with Crippen LogP contribution in [0.15, 0.2) is 0 Å². The fourth-order valence-electron chi connectivity index (χ4n) is 3.69. The van der Waals surface area contributed by atoms with Crippen LogP contribution in [0.2, 0.25) is 0 Å². The minimum absolute atomic E-state index is 0.100. The van der Waals surface area contributed by atoms with Gasteiger partial charge in [-0.25, -0.2) is 4.98 Å². The molecule has 0 radical (unpaired) electrons. The van der Waals surface area contributed by atoms with Crippen molar-refractivity contribution in [3.8, 4) is 0 Å². The van der Waals surface area contributed by atoms with Crippen molar-refractivity contribution in [2.45, 2.75) is 58.2 Å². The second kappa shape index (κ2) is 6.73. The van der Waals surface area contributed by atoms with E-state index in [2.05, 4.69) is 28.6 Å². The Labute approximate surface area is 131 Å². The van der Waals surface area contributed by atoms with Crippen LogP contribution in [-0.4, -0.2) is 58.2 Å². The molecule has 0 amide bonds. The lowest BCUT2D eigenvalue weighted by atomic mass is 9.91. The van der Waals surface area contributed by atoms with Gasteiger partial charge in [-0.15, -0.1) is 11.3 Å². The first kappa shape index (κ1) is 15.4. The van der Waals surface area contributed by atoms with Crippen molar-refractivity contribution in [3.05, 3.63) is 15.6 Å². The van der Waals surface area contributed by atoms with Crippen LogP contribution in [-0.2, 0) is 6.54 Å². The molecular formula is C16H27N3OS. The average Bonchev–Trinajstić information content (AvgIpc) is 2.78. The summed E-state index contributed by atoms with van der Waals surface area (Å²) in [6, 6.07) is 0.410. The van der Waals surface area contributed by atoms with Gasteiger partial charge in [-0.1, -0.05) is 12.8 Å². The summed E-state index contributed by atoms with van der Waals surface area (Å²) in [5, 5.41) is 11.4. The minimum Gasteiger partial charge on any atom is -0.391 e. The zero-order valence-corrected chi connectivity index (χ0v) is 14.0. The van der Waals surface area contributed by atoms with E-state index >= 15 is 0 Å². The molecule has 1 aliphatic carbocycles. The van der Waals surface area contributed by atoms with E-state index in [4.69, 9.17) is 0 Å². The van der Waals surface area contributed by atoms with Crippen LogP contribution in [0.4, 0.5) is 0 Å². The number of aliphatic hydroxyl groups is 1. The van der Waals surface area contributed by atoms with Crippen LogP contribution in [0, 0.1) is 13.8 Å². The third-order valence-electron chi connectivity index (χ3n) is 4.94. The first-order chi connectivity index (χ1) is 10.1. The lowest BCUT2D eigenvalue weighted by molar-refractivity contribution is -0.00461. The molecular weight excluding hydrogens is 282 g/mol. The molecule has 0 spiro atoms. The number of aromatic nitrogens is 1. The summed E-state index contributed by atoms with van der Waals surface area (Å²) in [5.74, 6) is 0. The van der Waals surface area contributed by atoms with Crippen LogP contribution in [0.5, 0.6) is 0 Å². The Morgan fingerprint density at radius 3 is 2.48 bits per heavy atom. The molecule has 2 aliphatic rings. The lowest BCUT2D eigenvalue weighted by Crippen LogP contribution is -2.54. The average molecular weight is 309 g/mol. The van der Waals surface area contributed by atoms with E-state index in [-0.39, 0.29) is 6.10 Å². The van der Waals surface area contributed by atoms with Gasteiger partial charge in [-0.3, -0.25) is 9.80 Å². The van der Waals surface area contributed by atoms with E-state index in [0.29, 0.717) is 6.04 Å². The predicted molar refractivity (Wildman–Crippen MR) is 86.7 cm³/mol. The summed E-state index contributed by atoms with van der Waals surface area (Å²) in [6.45, 7) is 9.66. The SMILES string of the molecule is Cc1nc(C)c(CN2CCN([C@H]3CCCC[C@@H]3O)CC2)s1. The Bertz CT molecular complexity index is 468. The summed E-state index contributed by atoms with van der Waals surface area (Å²) >= 11 is 1.83. The highest BCUT2D eigenvalue weighted by Gasteiger charge is 2.30. The van der Waals surface area contributed by atoms with Gasteiger partial charge in [0.15, 0.2) is 0 Å². The number of nitrogens with zero attached hydrogens (tertiary/aromatic N) is 3. The third kappa shape index (κ3) is 3.65. The van der Waals surface area contributed by atoms with Crippen molar-refractivity contribution in [1.29, 1.82) is 0 Å². The molecule has 1 aliphatic heterocycles. The number of rotatable bonds is 3. The van der Waals surface area contributed by atoms with Crippen molar-refractivity contribution >= 4 is 11.3 Å². The zero-order chi connectivity index (χ0) is 14.8. The Balaban J connectivity index is 1.52. The normalized spacial score (nSPS) is 28.9. The number of thiazole rings is 1. The first-order valence-corrected chi connectivity index (χ1v) is 9.02. The summed E-state index contributed by atoms with van der Waals surface area (Å²) < 4.78 is 0. The highest BCUT2D eigenvalue weighted by molar-refractivity contribution is 7.11. The summed E-state index contributed by atoms with van der Waals surface area (Å²) in [5.41, 5.74) is 1.20. The molecule has 0 unspecified atom stereocenters. The fraction of sp³-hybridized carbons (Fsp3) is 0.812. The molecule has 1 aromatic rings. The van der Waals surface area contributed by atoms with Gasteiger partial charge >= 0.3 is 0 Å². The molecule has 1 saturated carbocycles. The Kier molecular flexibility index (Phi) is 4.94. The Hall–Kier alpha value is -0.490. The van der Waals surface area contributed by atoms with Gasteiger partial charge in [0.2, 0.25) is 0 Å². The van der Waals surface area contributed by atoms with E-state index in [1.165, 1.54) is 34.8 Å². The minimum atomic E-state index is -0.100. The van der Waals surface area contributed by atoms with Crippen LogP contribution >= 0.6 is 11.3 Å². The number of aliphatic hydroxyl groups excluding tert-OH is 1. The molecule has 0 bridgehead atoms. The molecule has 2 fully saturated rings. The second-order valence-electron chi connectivity index (χ2n) is 6.47. The van der Waals surface area contributed by atoms with Gasteiger partial charge in [-0.05, 0) is 26.7 Å². The molecule has 0 aromatic carbocycles. The summed E-state index contributed by atoms with van der Waals surface area (Å²) in [6.07, 6.45) is 4.54. The number of hydrogen-bond acceptors (Lipinski definition) is 5. The zero-order valence-electron chi connectivity index (χ0n) is 13.2. The smallest absolute Gasteiger partial charge is 0.0900 e. The Morgan fingerprint density at radius 1 is 1.14 bits per heavy atom. The highest BCUT2D eigenvalue weighted by atomic mass is 32.1. The van der Waals surface area contributed by atoms with Crippen LogP contribution < -0.4 is 0 Å². The van der Waals surface area contributed by atoms with Gasteiger partial charge in [0, 0.05) is 43.6 Å². The van der Waals surface area contributed by atoms with E-state index in [0.717, 1.165) is 39.1 Å². The molecule has 5 heteroatoms. The fourth-order valence-corrected chi connectivity index (χ4v) is 4.67. The maximum absolute atomic E-state index is 10.2. The third-order valence-corrected chi connectivity index (χ3v) is 5.99. The number of hydrogen-bond donors (Lipinski definition) is 1. The van der Waals surface area contributed by atoms with Crippen LogP contribution in [0.3, 0.4) is 0 Å². The molecule has 4 nitrogen and oxygen atoms in total. The number of aryl methyl sites for hydroxylation is 2. The van der Waals surface area contributed by atoms with Crippen LogP contribution in [0.25, 0.3) is 0 Å². The van der Waals surface area contributed by atoms with Crippen molar-refractivity contribution in [3.63, 3.8) is 0 Å². The van der Waals surface area contributed by atoms with Crippen LogP contribution in [0.1, 0.15) is 41.3 Å². The highest BCUT2D eigenvalue weighted by Crippen LogP contribution is 2.25. The van der Waals surface area contributed by atoms with Gasteiger partial charge in [-0.2, -0.15) is 0 Å². The monoisotopic (exact) mass is 309 g/mol. The first-order valence-electron chi connectivity index (χ1n) is 8.21. The maximum Gasteiger partial charge on any atom is 0.0900 e. The molecule has 118 valence electrons. The summed E-state index contributed by atoms with van der Waals surface area (Å²) in [4.78, 5) is 11.0. The van der Waals surface area contributed by atoms with Crippen molar-refractivity contribution < 1.29 is 5.11 Å². The molecule has 2 atom stereocenters. The van der Waals surface area contributed by atoms with E-state index in [9.17, 15) is 5.11 Å². The molecule has 1 N–H and O–H groups in total. The van der Waals surface area contributed by atoms with E-state index < -0.39 is 0 Å². The molecule has 3 rings (SSSR count). The second-order valence-corrected chi connectivity index (χ2v) is 7.76. The number of piperazine rings is 1. The molecule has 2 heterocycles. The van der Waals surface area contributed by atoms with Crippen molar-refractivity contribution in [2.75, 3.05) is 26.2 Å². The standard InChI is InChI=1S/C16H27N3OS/c1-12-16(21-13(2)17-12)11-18-7-9-19(10-8-18)14-5-3-4-6-15(14)20/h14-15,20H,3-11H2,1-2H3/t14-,15-/m0/s1. The van der Waals surface area contributed by atoms with Gasteiger partial charge in [0.1, 0.15) is 0 Å². The predicted octanol–water partition coefficient (Wildman–Crippen LogP) is 2.18. The lowest BCUT2D eigenvalue weighted by Gasteiger charge is -2.42.